The van der Waals surface area contributed by atoms with Gasteiger partial charge in [-0.1, -0.05) is 71.1 Å². The Bertz CT molecular complexity index is 211. The molecule has 0 aromatic carbocycles. The van der Waals surface area contributed by atoms with E-state index in [1.54, 1.807) is 7.11 Å². The normalized spacial score (nSPS) is 19.9. The fourth-order valence-corrected chi connectivity index (χ4v) is 3.60. The molecular formula is C18H36O2. The first-order chi connectivity index (χ1) is 9.79. The number of rotatable bonds is 11. The SMILES string of the molecule is CCCCCCCCCC(O)C(OC)C1CCCCC1. The van der Waals surface area contributed by atoms with Gasteiger partial charge < -0.3 is 9.84 Å². The van der Waals surface area contributed by atoms with Crippen LogP contribution in [0.4, 0.5) is 0 Å². The van der Waals surface area contributed by atoms with Gasteiger partial charge in [0.1, 0.15) is 0 Å². The van der Waals surface area contributed by atoms with Crippen molar-refractivity contribution in [2.45, 2.75) is 103 Å². The summed E-state index contributed by atoms with van der Waals surface area (Å²) in [5.41, 5.74) is 0. The van der Waals surface area contributed by atoms with Crippen molar-refractivity contribution in [2.24, 2.45) is 5.92 Å². The first-order valence-electron chi connectivity index (χ1n) is 9.00. The Labute approximate surface area is 126 Å². The van der Waals surface area contributed by atoms with E-state index in [1.807, 2.05) is 0 Å². The minimum atomic E-state index is -0.251. The highest BCUT2D eigenvalue weighted by atomic mass is 16.5. The molecule has 0 spiro atoms. The lowest BCUT2D eigenvalue weighted by atomic mass is 9.82. The van der Waals surface area contributed by atoms with Gasteiger partial charge in [0.25, 0.3) is 0 Å². The van der Waals surface area contributed by atoms with Gasteiger partial charge in [-0.05, 0) is 25.2 Å². The number of hydrogen-bond acceptors (Lipinski definition) is 2. The van der Waals surface area contributed by atoms with Crippen molar-refractivity contribution in [2.75, 3.05) is 7.11 Å². The van der Waals surface area contributed by atoms with Crippen molar-refractivity contribution in [3.63, 3.8) is 0 Å². The largest absolute Gasteiger partial charge is 0.390 e. The number of hydrogen-bond donors (Lipinski definition) is 1. The van der Waals surface area contributed by atoms with Gasteiger partial charge in [0.05, 0.1) is 12.2 Å². The molecule has 2 unspecified atom stereocenters. The van der Waals surface area contributed by atoms with Gasteiger partial charge in [0.15, 0.2) is 0 Å². The molecule has 0 aromatic heterocycles. The molecule has 0 heterocycles. The van der Waals surface area contributed by atoms with Crippen LogP contribution < -0.4 is 0 Å². The van der Waals surface area contributed by atoms with Crippen LogP contribution in [0.2, 0.25) is 0 Å². The number of unbranched alkanes of at least 4 members (excludes halogenated alkanes) is 6. The lowest BCUT2D eigenvalue weighted by molar-refractivity contribution is -0.0577. The van der Waals surface area contributed by atoms with Gasteiger partial charge in [0, 0.05) is 7.11 Å². The fraction of sp³-hybridized carbons (Fsp3) is 1.00. The summed E-state index contributed by atoms with van der Waals surface area (Å²) in [6.07, 6.45) is 16.4. The highest BCUT2D eigenvalue weighted by Gasteiger charge is 2.28. The van der Waals surface area contributed by atoms with Crippen molar-refractivity contribution in [1.82, 2.24) is 0 Å². The van der Waals surface area contributed by atoms with Crippen LogP contribution >= 0.6 is 0 Å². The summed E-state index contributed by atoms with van der Waals surface area (Å²) in [5, 5.41) is 10.4. The zero-order valence-electron chi connectivity index (χ0n) is 13.8. The molecule has 0 radical (unpaired) electrons. The van der Waals surface area contributed by atoms with E-state index in [0.717, 1.165) is 12.8 Å². The molecule has 0 aliphatic heterocycles. The third-order valence-corrected chi connectivity index (χ3v) is 4.87. The fourth-order valence-electron chi connectivity index (χ4n) is 3.60. The Kier molecular flexibility index (Phi) is 10.4. The van der Waals surface area contributed by atoms with Crippen molar-refractivity contribution >= 4 is 0 Å². The zero-order chi connectivity index (χ0) is 14.6. The Morgan fingerprint density at radius 3 is 2.15 bits per heavy atom. The molecule has 20 heavy (non-hydrogen) atoms. The lowest BCUT2D eigenvalue weighted by Gasteiger charge is -2.32. The second-order valence-corrected chi connectivity index (χ2v) is 6.58. The van der Waals surface area contributed by atoms with Crippen molar-refractivity contribution in [1.29, 1.82) is 0 Å². The highest BCUT2D eigenvalue weighted by molar-refractivity contribution is 4.80. The summed E-state index contributed by atoms with van der Waals surface area (Å²) in [5.74, 6) is 0.591. The number of ether oxygens (including phenoxy) is 1. The topological polar surface area (TPSA) is 29.5 Å². The van der Waals surface area contributed by atoms with E-state index in [1.165, 1.54) is 70.6 Å². The first-order valence-corrected chi connectivity index (χ1v) is 9.00. The molecular weight excluding hydrogens is 248 g/mol. The van der Waals surface area contributed by atoms with Gasteiger partial charge in [0.2, 0.25) is 0 Å². The van der Waals surface area contributed by atoms with Crippen LogP contribution in [0.25, 0.3) is 0 Å². The molecule has 1 aliphatic carbocycles. The number of methoxy groups -OCH3 is 1. The summed E-state index contributed by atoms with van der Waals surface area (Å²) in [6.45, 7) is 2.26. The third kappa shape index (κ3) is 7.08. The summed E-state index contributed by atoms with van der Waals surface area (Å²) in [7, 11) is 1.77. The second kappa shape index (κ2) is 11.6. The van der Waals surface area contributed by atoms with Crippen LogP contribution in [-0.4, -0.2) is 24.4 Å². The van der Waals surface area contributed by atoms with Gasteiger partial charge in [-0.25, -0.2) is 0 Å². The molecule has 0 aromatic rings. The van der Waals surface area contributed by atoms with Crippen molar-refractivity contribution < 1.29 is 9.84 Å². The third-order valence-electron chi connectivity index (χ3n) is 4.87. The maximum Gasteiger partial charge on any atom is 0.0858 e. The van der Waals surface area contributed by atoms with Crippen LogP contribution in [0.5, 0.6) is 0 Å². The molecule has 1 fully saturated rings. The van der Waals surface area contributed by atoms with E-state index >= 15 is 0 Å². The monoisotopic (exact) mass is 284 g/mol. The molecule has 1 rings (SSSR count). The van der Waals surface area contributed by atoms with Crippen LogP contribution in [-0.2, 0) is 4.74 Å². The maximum atomic E-state index is 10.4. The molecule has 1 aliphatic rings. The summed E-state index contributed by atoms with van der Waals surface area (Å²) in [6, 6.07) is 0. The molecule has 1 saturated carbocycles. The Balaban J connectivity index is 2.11. The Morgan fingerprint density at radius 2 is 1.55 bits per heavy atom. The maximum absolute atomic E-state index is 10.4. The summed E-state index contributed by atoms with van der Waals surface area (Å²) < 4.78 is 5.61. The van der Waals surface area contributed by atoms with E-state index in [0.29, 0.717) is 5.92 Å². The number of aliphatic hydroxyl groups is 1. The van der Waals surface area contributed by atoms with Gasteiger partial charge >= 0.3 is 0 Å². The number of aliphatic hydroxyl groups excluding tert-OH is 1. The van der Waals surface area contributed by atoms with Crippen LogP contribution in [0, 0.1) is 5.92 Å². The average molecular weight is 284 g/mol. The predicted octanol–water partition coefficient (Wildman–Crippen LogP) is 5.08. The van der Waals surface area contributed by atoms with Crippen LogP contribution in [0.3, 0.4) is 0 Å². The molecule has 1 N–H and O–H groups in total. The van der Waals surface area contributed by atoms with Crippen molar-refractivity contribution in [3.05, 3.63) is 0 Å². The Hall–Kier alpha value is -0.0800. The van der Waals surface area contributed by atoms with E-state index < -0.39 is 0 Å². The minimum absolute atomic E-state index is 0.0791. The molecule has 120 valence electrons. The molecule has 0 saturated heterocycles. The van der Waals surface area contributed by atoms with Gasteiger partial charge in [-0.2, -0.15) is 0 Å². The van der Waals surface area contributed by atoms with Crippen molar-refractivity contribution in [3.8, 4) is 0 Å². The molecule has 2 heteroatoms. The summed E-state index contributed by atoms with van der Waals surface area (Å²) >= 11 is 0. The zero-order valence-corrected chi connectivity index (χ0v) is 13.8. The minimum Gasteiger partial charge on any atom is -0.390 e. The Morgan fingerprint density at radius 1 is 0.950 bits per heavy atom. The van der Waals surface area contributed by atoms with Gasteiger partial charge in [-0.15, -0.1) is 0 Å². The lowest BCUT2D eigenvalue weighted by Crippen LogP contribution is -2.36. The highest BCUT2D eigenvalue weighted by Crippen LogP contribution is 2.30. The molecule has 0 bridgehead atoms. The van der Waals surface area contributed by atoms with E-state index in [2.05, 4.69) is 6.92 Å². The first kappa shape index (κ1) is 18.0. The average Bonchev–Trinajstić information content (AvgIpc) is 2.48. The van der Waals surface area contributed by atoms with Crippen LogP contribution in [0.1, 0.15) is 90.4 Å². The standard InChI is InChI=1S/C18H36O2/c1-3-4-5-6-7-8-12-15-17(19)18(20-2)16-13-10-9-11-14-16/h16-19H,3-15H2,1-2H3. The summed E-state index contributed by atoms with van der Waals surface area (Å²) in [4.78, 5) is 0. The second-order valence-electron chi connectivity index (χ2n) is 6.58. The van der Waals surface area contributed by atoms with Gasteiger partial charge in [-0.3, -0.25) is 0 Å². The van der Waals surface area contributed by atoms with E-state index in [-0.39, 0.29) is 12.2 Å². The molecule has 0 amide bonds. The smallest absolute Gasteiger partial charge is 0.0858 e. The predicted molar refractivity (Wildman–Crippen MR) is 86.0 cm³/mol. The van der Waals surface area contributed by atoms with E-state index in [9.17, 15) is 5.11 Å². The van der Waals surface area contributed by atoms with E-state index in [4.69, 9.17) is 4.74 Å². The molecule has 2 atom stereocenters. The quantitative estimate of drug-likeness (QED) is 0.536. The molecule has 2 nitrogen and oxygen atoms in total. The van der Waals surface area contributed by atoms with Crippen LogP contribution in [0.15, 0.2) is 0 Å².